The predicted molar refractivity (Wildman–Crippen MR) is 103 cm³/mol. The minimum absolute atomic E-state index is 0.0802. The number of rotatable bonds is 2. The molecule has 1 N–H and O–H groups in total. The minimum atomic E-state index is -0.516. The summed E-state index contributed by atoms with van der Waals surface area (Å²) in [6, 6.07) is 14.5. The van der Waals surface area contributed by atoms with Crippen molar-refractivity contribution in [1.82, 2.24) is 4.90 Å². The molecule has 1 heterocycles. The fraction of sp³-hybridized carbons (Fsp3) is 0.263. The van der Waals surface area contributed by atoms with Crippen LogP contribution >= 0.6 is 15.9 Å². The predicted octanol–water partition coefficient (Wildman–Crippen LogP) is 4.03. The van der Waals surface area contributed by atoms with Gasteiger partial charge in [-0.05, 0) is 44.2 Å². The second-order valence-electron chi connectivity index (χ2n) is 6.14. The molecule has 2 aromatic carbocycles. The summed E-state index contributed by atoms with van der Waals surface area (Å²) in [5.74, 6) is -0.0802. The highest BCUT2D eigenvalue weighted by molar-refractivity contribution is 9.10. The van der Waals surface area contributed by atoms with E-state index in [0.29, 0.717) is 13.1 Å². The van der Waals surface area contributed by atoms with Crippen LogP contribution in [0.5, 0.6) is 0 Å². The molecule has 3 amide bonds. The van der Waals surface area contributed by atoms with Crippen molar-refractivity contribution in [2.45, 2.75) is 19.9 Å². The standard InChI is InChI=1S/C19H20BrN3O2/c1-13-6-8-16(9-7-13)21-19(25)22-10-11-23(18(24)14(22)2)17-5-3-4-15(20)12-17/h3-9,12,14H,10-11H2,1-2H3,(H,21,25). The Balaban J connectivity index is 1.70. The summed E-state index contributed by atoms with van der Waals surface area (Å²) in [6.07, 6.45) is 0. The van der Waals surface area contributed by atoms with Gasteiger partial charge in [0.05, 0.1) is 0 Å². The summed E-state index contributed by atoms with van der Waals surface area (Å²) < 4.78 is 0.921. The van der Waals surface area contributed by atoms with Crippen LogP contribution in [0.3, 0.4) is 0 Å². The lowest BCUT2D eigenvalue weighted by molar-refractivity contribution is -0.123. The van der Waals surface area contributed by atoms with E-state index < -0.39 is 6.04 Å². The Kier molecular flexibility index (Phi) is 5.08. The lowest BCUT2D eigenvalue weighted by Crippen LogP contribution is -2.58. The van der Waals surface area contributed by atoms with E-state index in [0.717, 1.165) is 21.4 Å². The maximum Gasteiger partial charge on any atom is 0.322 e. The Morgan fingerprint density at radius 1 is 1.16 bits per heavy atom. The van der Waals surface area contributed by atoms with Gasteiger partial charge in [0.25, 0.3) is 0 Å². The summed E-state index contributed by atoms with van der Waals surface area (Å²) in [5, 5.41) is 2.86. The van der Waals surface area contributed by atoms with Crippen LogP contribution in [0.1, 0.15) is 12.5 Å². The first-order valence-electron chi connectivity index (χ1n) is 8.17. The molecule has 1 unspecified atom stereocenters. The Labute approximate surface area is 155 Å². The number of amides is 3. The van der Waals surface area contributed by atoms with E-state index in [-0.39, 0.29) is 11.9 Å². The van der Waals surface area contributed by atoms with E-state index in [1.54, 1.807) is 16.7 Å². The zero-order chi connectivity index (χ0) is 18.0. The van der Waals surface area contributed by atoms with Gasteiger partial charge in [-0.3, -0.25) is 4.79 Å². The number of benzene rings is 2. The normalized spacial score (nSPS) is 17.6. The summed E-state index contributed by atoms with van der Waals surface area (Å²) in [7, 11) is 0. The summed E-state index contributed by atoms with van der Waals surface area (Å²) in [4.78, 5) is 28.6. The Morgan fingerprint density at radius 2 is 1.88 bits per heavy atom. The number of aryl methyl sites for hydroxylation is 1. The summed E-state index contributed by atoms with van der Waals surface area (Å²) in [5.41, 5.74) is 2.69. The summed E-state index contributed by atoms with van der Waals surface area (Å²) in [6.45, 7) is 4.72. The van der Waals surface area contributed by atoms with Crippen LogP contribution in [-0.4, -0.2) is 36.0 Å². The lowest BCUT2D eigenvalue weighted by Gasteiger charge is -2.39. The van der Waals surface area contributed by atoms with Gasteiger partial charge in [0, 0.05) is 28.9 Å². The highest BCUT2D eigenvalue weighted by Crippen LogP contribution is 2.24. The number of hydrogen-bond acceptors (Lipinski definition) is 2. The number of urea groups is 1. The molecule has 5 nitrogen and oxygen atoms in total. The van der Waals surface area contributed by atoms with Crippen molar-refractivity contribution in [1.29, 1.82) is 0 Å². The van der Waals surface area contributed by atoms with Gasteiger partial charge in [-0.2, -0.15) is 0 Å². The molecule has 0 saturated carbocycles. The van der Waals surface area contributed by atoms with E-state index in [4.69, 9.17) is 0 Å². The van der Waals surface area contributed by atoms with Crippen LogP contribution in [0.2, 0.25) is 0 Å². The first-order valence-corrected chi connectivity index (χ1v) is 8.96. The zero-order valence-electron chi connectivity index (χ0n) is 14.2. The molecule has 0 aliphatic carbocycles. The third-order valence-corrected chi connectivity index (χ3v) is 4.83. The van der Waals surface area contributed by atoms with Crippen molar-refractivity contribution in [2.75, 3.05) is 23.3 Å². The van der Waals surface area contributed by atoms with Crippen molar-refractivity contribution in [3.05, 3.63) is 58.6 Å². The molecule has 1 aliphatic rings. The monoisotopic (exact) mass is 401 g/mol. The van der Waals surface area contributed by atoms with Crippen LogP contribution in [0, 0.1) is 6.92 Å². The second-order valence-corrected chi connectivity index (χ2v) is 7.05. The third kappa shape index (κ3) is 3.85. The van der Waals surface area contributed by atoms with E-state index in [1.165, 1.54) is 0 Å². The molecule has 25 heavy (non-hydrogen) atoms. The lowest BCUT2D eigenvalue weighted by atomic mass is 10.1. The van der Waals surface area contributed by atoms with Gasteiger partial charge in [0.15, 0.2) is 0 Å². The average molecular weight is 402 g/mol. The van der Waals surface area contributed by atoms with Gasteiger partial charge in [-0.25, -0.2) is 4.79 Å². The highest BCUT2D eigenvalue weighted by Gasteiger charge is 2.35. The Hall–Kier alpha value is -2.34. The Morgan fingerprint density at radius 3 is 2.56 bits per heavy atom. The molecular formula is C19H20BrN3O2. The Bertz CT molecular complexity index is 792. The number of carbonyl (C=O) groups is 2. The molecule has 0 radical (unpaired) electrons. The molecule has 130 valence electrons. The minimum Gasteiger partial charge on any atom is -0.311 e. The van der Waals surface area contributed by atoms with Gasteiger partial charge in [-0.1, -0.05) is 39.7 Å². The van der Waals surface area contributed by atoms with Gasteiger partial charge >= 0.3 is 6.03 Å². The topological polar surface area (TPSA) is 52.7 Å². The highest BCUT2D eigenvalue weighted by atomic mass is 79.9. The molecule has 2 aromatic rings. The van der Waals surface area contributed by atoms with Crippen LogP contribution in [-0.2, 0) is 4.79 Å². The van der Waals surface area contributed by atoms with E-state index >= 15 is 0 Å². The quantitative estimate of drug-likeness (QED) is 0.825. The molecule has 3 rings (SSSR count). The second kappa shape index (κ2) is 7.27. The number of anilines is 2. The number of halogens is 1. The molecule has 0 bridgehead atoms. The largest absolute Gasteiger partial charge is 0.322 e. The SMILES string of the molecule is Cc1ccc(NC(=O)N2CCN(c3cccc(Br)c3)C(=O)C2C)cc1. The fourth-order valence-electron chi connectivity index (χ4n) is 2.88. The molecule has 1 saturated heterocycles. The van der Waals surface area contributed by atoms with Crippen LogP contribution in [0.4, 0.5) is 16.2 Å². The van der Waals surface area contributed by atoms with Crippen LogP contribution in [0.15, 0.2) is 53.0 Å². The molecule has 0 spiro atoms. The van der Waals surface area contributed by atoms with E-state index in [2.05, 4.69) is 21.2 Å². The van der Waals surface area contributed by atoms with Crippen molar-refractivity contribution >= 4 is 39.2 Å². The van der Waals surface area contributed by atoms with Gasteiger partial charge in [-0.15, -0.1) is 0 Å². The number of carbonyl (C=O) groups excluding carboxylic acids is 2. The van der Waals surface area contributed by atoms with E-state index in [1.807, 2.05) is 55.5 Å². The number of hydrogen-bond donors (Lipinski definition) is 1. The fourth-order valence-corrected chi connectivity index (χ4v) is 3.27. The van der Waals surface area contributed by atoms with Crippen LogP contribution < -0.4 is 10.2 Å². The third-order valence-electron chi connectivity index (χ3n) is 4.34. The molecule has 6 heteroatoms. The maximum absolute atomic E-state index is 12.7. The van der Waals surface area contributed by atoms with Gasteiger partial charge < -0.3 is 15.1 Å². The first kappa shape index (κ1) is 17.5. The van der Waals surface area contributed by atoms with Crippen molar-refractivity contribution in [3.8, 4) is 0 Å². The summed E-state index contributed by atoms with van der Waals surface area (Å²) >= 11 is 3.43. The molecule has 1 fully saturated rings. The van der Waals surface area contributed by atoms with E-state index in [9.17, 15) is 9.59 Å². The maximum atomic E-state index is 12.7. The average Bonchev–Trinajstić information content (AvgIpc) is 2.59. The molecule has 1 aliphatic heterocycles. The molecule has 0 aromatic heterocycles. The van der Waals surface area contributed by atoms with Crippen molar-refractivity contribution < 1.29 is 9.59 Å². The van der Waals surface area contributed by atoms with Crippen LogP contribution in [0.25, 0.3) is 0 Å². The smallest absolute Gasteiger partial charge is 0.311 e. The molecule has 1 atom stereocenters. The van der Waals surface area contributed by atoms with Gasteiger partial charge in [0.1, 0.15) is 6.04 Å². The number of nitrogens with one attached hydrogen (secondary N) is 1. The number of piperazine rings is 1. The zero-order valence-corrected chi connectivity index (χ0v) is 15.8. The van der Waals surface area contributed by atoms with Gasteiger partial charge in [0.2, 0.25) is 5.91 Å². The van der Waals surface area contributed by atoms with Crippen molar-refractivity contribution in [2.24, 2.45) is 0 Å². The molecular weight excluding hydrogens is 382 g/mol. The first-order chi connectivity index (χ1) is 12.0. The van der Waals surface area contributed by atoms with Crippen molar-refractivity contribution in [3.63, 3.8) is 0 Å². The number of nitrogens with zero attached hydrogens (tertiary/aromatic N) is 2.